The Bertz CT molecular complexity index is 2210. The monoisotopic (exact) mass is 849 g/mol. The summed E-state index contributed by atoms with van der Waals surface area (Å²) >= 11 is 0. The quantitative estimate of drug-likeness (QED) is 0.203. The van der Waals surface area contributed by atoms with E-state index >= 15 is 0 Å². The van der Waals surface area contributed by atoms with E-state index in [1.165, 1.54) is 19.3 Å². The van der Waals surface area contributed by atoms with Crippen LogP contribution in [0.4, 0.5) is 15.4 Å². The van der Waals surface area contributed by atoms with Crippen molar-refractivity contribution >= 4 is 34.6 Å². The number of likely N-dealkylation sites (tertiary alicyclic amines) is 3. The molecule has 0 radical (unpaired) electrons. The standard InChI is InChI=1S/C47H63N9O6/c1-47(2,3)42-29-43(51-62-42)50-45(58)48-32-8-10-39-31(26-32)27-41(60-39)44(57)38-28-35-36(30-53-18-12-33(13-19-53)55-24-22-52(4)23-25-55)40(11-9-37(35)49-38)61-46(59)56-20-14-34(15-21-56)54-16-6-5-7-17-54/h8-11,26-29,31,33-34,39,49H,5-7,12-25,30H2,1-4H3,(H2,48,50,51,58). The molecule has 15 heteroatoms. The Kier molecular flexibility index (Phi) is 12.3. The third-order valence-electron chi connectivity index (χ3n) is 13.7. The van der Waals surface area contributed by atoms with Crippen molar-refractivity contribution in [2.24, 2.45) is 5.92 Å². The Morgan fingerprint density at radius 1 is 0.855 bits per heavy atom. The number of anilines is 1. The molecular weight excluding hydrogens is 787 g/mol. The summed E-state index contributed by atoms with van der Waals surface area (Å²) in [6.07, 6.45) is 14.6. The maximum Gasteiger partial charge on any atom is 0.415 e. The summed E-state index contributed by atoms with van der Waals surface area (Å²) in [7, 11) is 2.20. The van der Waals surface area contributed by atoms with Crippen LogP contribution in [0, 0.1) is 5.92 Å². The summed E-state index contributed by atoms with van der Waals surface area (Å²) in [4.78, 5) is 56.1. The molecule has 2 aromatic heterocycles. The van der Waals surface area contributed by atoms with E-state index in [0.29, 0.717) is 60.4 Å². The highest BCUT2D eigenvalue weighted by Crippen LogP contribution is 2.36. The van der Waals surface area contributed by atoms with Gasteiger partial charge in [-0.25, -0.2) is 9.59 Å². The first-order valence-corrected chi connectivity index (χ1v) is 22.8. The zero-order chi connectivity index (χ0) is 43.0. The van der Waals surface area contributed by atoms with Gasteiger partial charge < -0.3 is 39.0 Å². The summed E-state index contributed by atoms with van der Waals surface area (Å²) in [5.74, 6) is 1.25. The lowest BCUT2D eigenvalue weighted by molar-refractivity contribution is 0.0655. The van der Waals surface area contributed by atoms with Gasteiger partial charge in [-0.15, -0.1) is 0 Å². The molecule has 4 fully saturated rings. The zero-order valence-corrected chi connectivity index (χ0v) is 36.8. The first kappa shape index (κ1) is 42.3. The van der Waals surface area contributed by atoms with Gasteiger partial charge >= 0.3 is 12.1 Å². The number of hydrogen-bond donors (Lipinski definition) is 3. The zero-order valence-electron chi connectivity index (χ0n) is 36.8. The smallest absolute Gasteiger partial charge is 0.415 e. The lowest BCUT2D eigenvalue weighted by Gasteiger charge is -2.42. The molecule has 1 aliphatic carbocycles. The first-order chi connectivity index (χ1) is 29.9. The van der Waals surface area contributed by atoms with Gasteiger partial charge in [0.2, 0.25) is 5.78 Å². The number of Topliss-reactive ketones (excluding diaryl/α,β-unsaturated/α-hetero) is 1. The summed E-state index contributed by atoms with van der Waals surface area (Å²) < 4.78 is 17.9. The summed E-state index contributed by atoms with van der Waals surface area (Å²) in [6.45, 7) is 16.7. The van der Waals surface area contributed by atoms with Crippen LogP contribution in [0.25, 0.3) is 10.9 Å². The molecule has 5 aliphatic heterocycles. The van der Waals surface area contributed by atoms with E-state index in [9.17, 15) is 14.4 Å². The highest BCUT2D eigenvalue weighted by Gasteiger charge is 2.35. The summed E-state index contributed by atoms with van der Waals surface area (Å²) in [5.41, 5.74) is 2.44. The predicted molar refractivity (Wildman–Crippen MR) is 237 cm³/mol. The predicted octanol–water partition coefficient (Wildman–Crippen LogP) is 6.47. The number of aromatic amines is 1. The molecule has 6 aliphatic rings. The average molecular weight is 850 g/mol. The largest absolute Gasteiger partial charge is 0.482 e. The molecule has 62 heavy (non-hydrogen) atoms. The minimum Gasteiger partial charge on any atom is -0.482 e. The number of nitrogens with one attached hydrogen (secondary N) is 3. The second kappa shape index (κ2) is 18.0. The summed E-state index contributed by atoms with van der Waals surface area (Å²) in [5, 5.41) is 10.4. The molecule has 0 spiro atoms. The Morgan fingerprint density at radius 2 is 1.56 bits per heavy atom. The van der Waals surface area contributed by atoms with Gasteiger partial charge in [0, 0.05) is 97.5 Å². The minimum atomic E-state index is -0.455. The fourth-order valence-electron chi connectivity index (χ4n) is 9.95. The summed E-state index contributed by atoms with van der Waals surface area (Å²) in [6, 6.07) is 8.04. The van der Waals surface area contributed by atoms with E-state index in [4.69, 9.17) is 14.0 Å². The van der Waals surface area contributed by atoms with Crippen molar-refractivity contribution in [3.05, 3.63) is 77.0 Å². The number of ether oxygens (including phenoxy) is 2. The average Bonchev–Trinajstić information content (AvgIpc) is 4.04. The maximum absolute atomic E-state index is 14.1. The van der Waals surface area contributed by atoms with Crippen LogP contribution in [-0.2, 0) is 16.7 Å². The molecule has 7 heterocycles. The molecule has 9 rings (SSSR count). The lowest BCUT2D eigenvalue weighted by atomic mass is 9.93. The third-order valence-corrected chi connectivity index (χ3v) is 13.7. The second-order valence-corrected chi connectivity index (χ2v) is 19.1. The van der Waals surface area contributed by atoms with E-state index in [2.05, 4.69) is 47.4 Å². The maximum atomic E-state index is 14.1. The van der Waals surface area contributed by atoms with E-state index in [0.717, 1.165) is 94.5 Å². The highest BCUT2D eigenvalue weighted by molar-refractivity contribution is 6.09. The fourth-order valence-corrected chi connectivity index (χ4v) is 9.95. The van der Waals surface area contributed by atoms with Crippen molar-refractivity contribution in [3.63, 3.8) is 0 Å². The van der Waals surface area contributed by atoms with Crippen LogP contribution in [0.15, 0.2) is 64.5 Å². The number of allylic oxidation sites excluding steroid dienone is 2. The molecule has 4 saturated heterocycles. The molecule has 332 valence electrons. The Morgan fingerprint density at radius 3 is 2.27 bits per heavy atom. The lowest BCUT2D eigenvalue weighted by Crippen LogP contribution is -2.52. The van der Waals surface area contributed by atoms with Gasteiger partial charge in [0.1, 0.15) is 17.6 Å². The van der Waals surface area contributed by atoms with Gasteiger partial charge in [-0.2, -0.15) is 0 Å². The Hall–Kier alpha value is -4.96. The van der Waals surface area contributed by atoms with Crippen molar-refractivity contribution in [2.45, 2.75) is 95.9 Å². The SMILES string of the molecule is CN1CCN(C2CCN(Cc3c(OC(=O)N4CCC(N5CCCCC5)CC4)ccc4[nH]c(C(=O)C5=CC6C=C(NC(=O)Nc7cc(C(C)(C)C)on7)C=CC6O5)cc34)CC2)CC1. The van der Waals surface area contributed by atoms with Gasteiger partial charge in [-0.3, -0.25) is 19.9 Å². The van der Waals surface area contributed by atoms with E-state index in [1.54, 1.807) is 12.1 Å². The van der Waals surface area contributed by atoms with Crippen LogP contribution >= 0.6 is 0 Å². The van der Waals surface area contributed by atoms with Gasteiger partial charge in [-0.1, -0.05) is 32.3 Å². The molecule has 2 unspecified atom stereocenters. The van der Waals surface area contributed by atoms with Gasteiger partial charge in [0.25, 0.3) is 0 Å². The molecule has 0 saturated carbocycles. The highest BCUT2D eigenvalue weighted by atomic mass is 16.6. The number of piperazine rings is 1. The van der Waals surface area contributed by atoms with Crippen LogP contribution in [0.3, 0.4) is 0 Å². The second-order valence-electron chi connectivity index (χ2n) is 19.1. The van der Waals surface area contributed by atoms with Gasteiger partial charge in [-0.05, 0) is 114 Å². The number of fused-ring (bicyclic) bond motifs is 2. The van der Waals surface area contributed by atoms with E-state index in [1.807, 2.05) is 62.1 Å². The van der Waals surface area contributed by atoms with Crippen molar-refractivity contribution in [1.29, 1.82) is 0 Å². The number of likely N-dealkylation sites (N-methyl/N-ethyl adjacent to an activating group) is 1. The number of nitrogens with zero attached hydrogens (tertiary/aromatic N) is 6. The number of piperidine rings is 3. The van der Waals surface area contributed by atoms with Crippen molar-refractivity contribution in [2.75, 3.05) is 77.8 Å². The Balaban J connectivity index is 0.894. The molecule has 3 N–H and O–H groups in total. The Labute approximate surface area is 364 Å². The number of aromatic nitrogens is 2. The van der Waals surface area contributed by atoms with Crippen molar-refractivity contribution < 1.29 is 28.4 Å². The van der Waals surface area contributed by atoms with E-state index < -0.39 is 6.03 Å². The molecular formula is C47H63N9O6. The van der Waals surface area contributed by atoms with Crippen LogP contribution < -0.4 is 15.4 Å². The fraction of sp³-hybridized carbons (Fsp3) is 0.574. The van der Waals surface area contributed by atoms with Crippen LogP contribution in [0.1, 0.15) is 87.5 Å². The van der Waals surface area contributed by atoms with E-state index in [-0.39, 0.29) is 35.1 Å². The molecule has 15 nitrogen and oxygen atoms in total. The normalized spacial score (nSPS) is 23.8. The molecule has 0 bridgehead atoms. The first-order valence-electron chi connectivity index (χ1n) is 22.8. The van der Waals surface area contributed by atoms with Crippen molar-refractivity contribution in [3.8, 4) is 5.75 Å². The van der Waals surface area contributed by atoms with Crippen molar-refractivity contribution in [1.82, 2.24) is 40.0 Å². The number of carbonyl (C=O) groups is 3. The minimum absolute atomic E-state index is 0.239. The number of amides is 3. The number of urea groups is 1. The van der Waals surface area contributed by atoms with Gasteiger partial charge in [0.15, 0.2) is 11.6 Å². The number of H-pyrrole nitrogens is 1. The third kappa shape index (κ3) is 9.51. The number of hydrogen-bond acceptors (Lipinski definition) is 11. The number of ketones is 1. The van der Waals surface area contributed by atoms with Crippen LogP contribution in [0.5, 0.6) is 5.75 Å². The number of benzene rings is 1. The molecule has 3 aromatic rings. The van der Waals surface area contributed by atoms with Gasteiger partial charge in [0.05, 0.1) is 5.69 Å². The molecule has 2 atom stereocenters. The molecule has 3 amide bonds. The van der Waals surface area contributed by atoms with Crippen LogP contribution in [-0.4, -0.2) is 143 Å². The topological polar surface area (TPSA) is 152 Å². The number of carbonyl (C=O) groups excluding carboxylic acids is 3. The van der Waals surface area contributed by atoms with Crippen LogP contribution in [0.2, 0.25) is 0 Å². The number of rotatable bonds is 9. The molecule has 1 aromatic carbocycles.